The molecule has 110 valence electrons. The highest BCUT2D eigenvalue weighted by Gasteiger charge is 2.22. The Kier molecular flexibility index (Phi) is 4.37. The Balaban J connectivity index is 2.43. The number of hydrogen-bond donors (Lipinski definition) is 0. The van der Waals surface area contributed by atoms with E-state index in [0.29, 0.717) is 0 Å². The lowest BCUT2D eigenvalue weighted by Gasteiger charge is -2.09. The monoisotopic (exact) mass is 308 g/mol. The van der Waals surface area contributed by atoms with Gasteiger partial charge in [0.05, 0.1) is 18.4 Å². The summed E-state index contributed by atoms with van der Waals surface area (Å²) in [7, 11) is -2.68. The zero-order chi connectivity index (χ0) is 15.5. The van der Waals surface area contributed by atoms with Crippen LogP contribution in [0.2, 0.25) is 0 Å². The summed E-state index contributed by atoms with van der Waals surface area (Å²) in [6, 6.07) is 11.3. The molecule has 0 unspecified atom stereocenters. The molecule has 2 aromatic carbocycles. The number of carbonyl (C=O) groups excluding carboxylic acids is 1. The van der Waals surface area contributed by atoms with Crippen molar-refractivity contribution in [1.29, 1.82) is 0 Å². The normalized spacial score (nSPS) is 11.1. The maximum absolute atomic E-state index is 13.6. The standard InChI is InChI=1S/C15H13FO4S/c1-20-15(17)12-7-3-2-6-11(12)10-21(18,19)14-9-5-4-8-13(14)16/h2-9H,10H2,1H3. The number of hydrogen-bond acceptors (Lipinski definition) is 4. The summed E-state index contributed by atoms with van der Waals surface area (Å²) in [5.74, 6) is -1.92. The molecule has 6 heteroatoms. The van der Waals surface area contributed by atoms with Gasteiger partial charge in [-0.05, 0) is 23.8 Å². The molecule has 0 bridgehead atoms. The van der Waals surface area contributed by atoms with Gasteiger partial charge in [-0.25, -0.2) is 17.6 Å². The van der Waals surface area contributed by atoms with Crippen LogP contribution in [-0.4, -0.2) is 21.5 Å². The van der Waals surface area contributed by atoms with Crippen LogP contribution in [0.25, 0.3) is 0 Å². The molecule has 0 fully saturated rings. The van der Waals surface area contributed by atoms with Gasteiger partial charge in [-0.15, -0.1) is 0 Å². The Morgan fingerprint density at radius 2 is 1.71 bits per heavy atom. The van der Waals surface area contributed by atoms with Crippen molar-refractivity contribution < 1.29 is 22.3 Å². The molecule has 0 aromatic heterocycles. The van der Waals surface area contributed by atoms with Crippen LogP contribution >= 0.6 is 0 Å². The Bertz CT molecular complexity index is 769. The van der Waals surface area contributed by atoms with Gasteiger partial charge in [0, 0.05) is 0 Å². The first kappa shape index (κ1) is 15.2. The summed E-state index contributed by atoms with van der Waals surface area (Å²) in [4.78, 5) is 11.2. The number of halogens is 1. The van der Waals surface area contributed by atoms with E-state index in [1.54, 1.807) is 12.1 Å². The minimum Gasteiger partial charge on any atom is -0.465 e. The number of ether oxygens (including phenoxy) is 1. The fourth-order valence-corrected chi connectivity index (χ4v) is 3.40. The summed E-state index contributed by atoms with van der Waals surface area (Å²) in [5.41, 5.74) is 0.424. The molecule has 0 amide bonds. The van der Waals surface area contributed by atoms with Crippen molar-refractivity contribution in [1.82, 2.24) is 0 Å². The molecule has 21 heavy (non-hydrogen) atoms. The molecule has 2 rings (SSSR count). The average molecular weight is 308 g/mol. The highest BCUT2D eigenvalue weighted by molar-refractivity contribution is 7.90. The predicted octanol–water partition coefficient (Wildman–Crippen LogP) is 2.59. The van der Waals surface area contributed by atoms with Crippen LogP contribution in [0.15, 0.2) is 53.4 Å². The predicted molar refractivity (Wildman–Crippen MR) is 75.1 cm³/mol. The van der Waals surface area contributed by atoms with E-state index in [1.807, 2.05) is 0 Å². The number of rotatable bonds is 4. The average Bonchev–Trinajstić information content (AvgIpc) is 2.47. The van der Waals surface area contributed by atoms with Crippen molar-refractivity contribution >= 4 is 15.8 Å². The van der Waals surface area contributed by atoms with Gasteiger partial charge in [0.1, 0.15) is 10.7 Å². The second-order valence-electron chi connectivity index (χ2n) is 4.34. The van der Waals surface area contributed by atoms with E-state index in [2.05, 4.69) is 4.74 Å². The van der Waals surface area contributed by atoms with E-state index in [4.69, 9.17) is 0 Å². The van der Waals surface area contributed by atoms with Crippen LogP contribution in [0, 0.1) is 5.82 Å². The molecule has 0 heterocycles. The highest BCUT2D eigenvalue weighted by Crippen LogP contribution is 2.21. The maximum Gasteiger partial charge on any atom is 0.338 e. The van der Waals surface area contributed by atoms with Gasteiger partial charge < -0.3 is 4.74 Å². The highest BCUT2D eigenvalue weighted by atomic mass is 32.2. The van der Waals surface area contributed by atoms with Crippen molar-refractivity contribution in [2.45, 2.75) is 10.6 Å². The summed E-state index contributed by atoms with van der Waals surface area (Å²) in [5, 5.41) is 0. The molecule has 0 aliphatic rings. The van der Waals surface area contributed by atoms with Crippen LogP contribution in [-0.2, 0) is 20.3 Å². The SMILES string of the molecule is COC(=O)c1ccccc1CS(=O)(=O)c1ccccc1F. The van der Waals surface area contributed by atoms with Crippen LogP contribution in [0.1, 0.15) is 15.9 Å². The van der Waals surface area contributed by atoms with Gasteiger partial charge in [-0.2, -0.15) is 0 Å². The smallest absolute Gasteiger partial charge is 0.338 e. The molecule has 4 nitrogen and oxygen atoms in total. The first-order valence-electron chi connectivity index (χ1n) is 6.09. The molecule has 0 aliphatic carbocycles. The van der Waals surface area contributed by atoms with Crippen LogP contribution in [0.5, 0.6) is 0 Å². The molecule has 2 aromatic rings. The molecule has 0 radical (unpaired) electrons. The van der Waals surface area contributed by atoms with Crippen molar-refractivity contribution in [3.05, 3.63) is 65.5 Å². The zero-order valence-corrected chi connectivity index (χ0v) is 12.1. The molecular formula is C15H13FO4S. The first-order chi connectivity index (χ1) is 9.95. The molecule has 0 saturated carbocycles. The summed E-state index contributed by atoms with van der Waals surface area (Å²) in [6.07, 6.45) is 0. The fourth-order valence-electron chi connectivity index (χ4n) is 1.93. The van der Waals surface area contributed by atoms with E-state index < -0.39 is 27.4 Å². The molecular weight excluding hydrogens is 295 g/mol. The number of sulfone groups is 1. The van der Waals surface area contributed by atoms with Crippen molar-refractivity contribution in [3.63, 3.8) is 0 Å². The summed E-state index contributed by atoms with van der Waals surface area (Å²) in [6.45, 7) is 0. The third-order valence-electron chi connectivity index (χ3n) is 2.94. The Hall–Kier alpha value is -2.21. The van der Waals surface area contributed by atoms with E-state index in [1.165, 1.54) is 37.4 Å². The summed E-state index contributed by atoms with van der Waals surface area (Å²) >= 11 is 0. The minimum atomic E-state index is -3.89. The van der Waals surface area contributed by atoms with Crippen molar-refractivity contribution in [2.75, 3.05) is 7.11 Å². The van der Waals surface area contributed by atoms with Gasteiger partial charge in [-0.1, -0.05) is 30.3 Å². The van der Waals surface area contributed by atoms with Gasteiger partial charge in [0.15, 0.2) is 9.84 Å². The fraction of sp³-hybridized carbons (Fsp3) is 0.133. The lowest BCUT2D eigenvalue weighted by Crippen LogP contribution is -2.12. The molecule has 0 spiro atoms. The second-order valence-corrected chi connectivity index (χ2v) is 6.30. The van der Waals surface area contributed by atoms with Gasteiger partial charge in [-0.3, -0.25) is 0 Å². The van der Waals surface area contributed by atoms with E-state index in [0.717, 1.165) is 6.07 Å². The molecule has 0 N–H and O–H groups in total. The van der Waals surface area contributed by atoms with Crippen LogP contribution < -0.4 is 0 Å². The number of esters is 1. The first-order valence-corrected chi connectivity index (χ1v) is 7.74. The number of carbonyl (C=O) groups is 1. The van der Waals surface area contributed by atoms with Crippen LogP contribution in [0.4, 0.5) is 4.39 Å². The Morgan fingerprint density at radius 1 is 1.10 bits per heavy atom. The number of methoxy groups -OCH3 is 1. The van der Waals surface area contributed by atoms with Gasteiger partial charge in [0.2, 0.25) is 0 Å². The molecule has 0 aliphatic heterocycles. The zero-order valence-electron chi connectivity index (χ0n) is 11.2. The van der Waals surface area contributed by atoms with E-state index in [9.17, 15) is 17.6 Å². The second kappa shape index (κ2) is 6.05. The maximum atomic E-state index is 13.6. The number of benzene rings is 2. The minimum absolute atomic E-state index is 0.153. The third kappa shape index (κ3) is 3.28. The van der Waals surface area contributed by atoms with Crippen molar-refractivity contribution in [3.8, 4) is 0 Å². The van der Waals surface area contributed by atoms with E-state index in [-0.39, 0.29) is 16.0 Å². The largest absolute Gasteiger partial charge is 0.465 e. The summed E-state index contributed by atoms with van der Waals surface area (Å²) < 4.78 is 42.8. The topological polar surface area (TPSA) is 60.4 Å². The molecule has 0 saturated heterocycles. The Morgan fingerprint density at radius 3 is 2.38 bits per heavy atom. The quantitative estimate of drug-likeness (QED) is 0.815. The van der Waals surface area contributed by atoms with Gasteiger partial charge >= 0.3 is 5.97 Å². The van der Waals surface area contributed by atoms with Gasteiger partial charge in [0.25, 0.3) is 0 Å². The lowest BCUT2D eigenvalue weighted by atomic mass is 10.1. The van der Waals surface area contributed by atoms with E-state index >= 15 is 0 Å². The third-order valence-corrected chi connectivity index (χ3v) is 4.63. The van der Waals surface area contributed by atoms with Crippen LogP contribution in [0.3, 0.4) is 0 Å². The molecule has 0 atom stereocenters. The lowest BCUT2D eigenvalue weighted by molar-refractivity contribution is 0.0600. The van der Waals surface area contributed by atoms with Crippen molar-refractivity contribution in [2.24, 2.45) is 0 Å². The Labute approximate surface area is 122 Å².